The molecule has 21 heavy (non-hydrogen) atoms. The molecule has 1 amide bonds. The number of aryl methyl sites for hydroxylation is 1. The van der Waals surface area contributed by atoms with Crippen molar-refractivity contribution in [2.24, 2.45) is 0 Å². The predicted molar refractivity (Wildman–Crippen MR) is 84.4 cm³/mol. The zero-order valence-corrected chi connectivity index (χ0v) is 13.5. The Morgan fingerprint density at radius 3 is 2.81 bits per heavy atom. The summed E-state index contributed by atoms with van der Waals surface area (Å²) >= 11 is 9.02. The monoisotopic (exact) mass is 371 g/mol. The Bertz CT molecular complexity index is 679. The Morgan fingerprint density at radius 2 is 2.10 bits per heavy atom. The molecule has 0 saturated carbocycles. The summed E-state index contributed by atoms with van der Waals surface area (Å²) in [5, 5.41) is 3.20. The second-order valence-corrected chi connectivity index (χ2v) is 5.72. The van der Waals surface area contributed by atoms with Crippen molar-refractivity contribution in [1.82, 2.24) is 0 Å². The summed E-state index contributed by atoms with van der Waals surface area (Å²) in [5.74, 6) is -0.894. The van der Waals surface area contributed by atoms with Gasteiger partial charge in [-0.05, 0) is 42.8 Å². The van der Waals surface area contributed by atoms with Crippen LogP contribution in [0.5, 0.6) is 5.75 Å². The van der Waals surface area contributed by atoms with Crippen molar-refractivity contribution in [3.8, 4) is 5.75 Å². The summed E-state index contributed by atoms with van der Waals surface area (Å²) in [6.07, 6.45) is 0. The number of nitrogens with one attached hydrogen (secondary N) is 1. The summed E-state index contributed by atoms with van der Waals surface area (Å²) in [6, 6.07) is 9.55. The van der Waals surface area contributed by atoms with Crippen LogP contribution in [-0.2, 0) is 4.79 Å². The molecule has 0 radical (unpaired) electrons. The molecule has 0 aliphatic rings. The van der Waals surface area contributed by atoms with E-state index in [1.165, 1.54) is 12.1 Å². The highest BCUT2D eigenvalue weighted by Crippen LogP contribution is 2.22. The molecule has 0 aliphatic carbocycles. The van der Waals surface area contributed by atoms with Crippen LogP contribution in [0.4, 0.5) is 10.1 Å². The molecule has 0 aliphatic heterocycles. The van der Waals surface area contributed by atoms with Crippen molar-refractivity contribution in [3.05, 3.63) is 57.3 Å². The van der Waals surface area contributed by atoms with Crippen molar-refractivity contribution >= 4 is 39.1 Å². The fourth-order valence-corrected chi connectivity index (χ4v) is 2.16. The molecule has 0 fully saturated rings. The fraction of sp³-hybridized carbons (Fsp3) is 0.133. The number of benzene rings is 2. The molecule has 1 N–H and O–H groups in total. The van der Waals surface area contributed by atoms with Crippen LogP contribution in [0.1, 0.15) is 5.56 Å². The SMILES string of the molecule is Cc1ccc(Cl)cc1NC(=O)COc1ccc(Br)cc1F. The van der Waals surface area contributed by atoms with Crippen LogP contribution in [0.25, 0.3) is 0 Å². The Hall–Kier alpha value is -1.59. The normalized spacial score (nSPS) is 10.3. The highest BCUT2D eigenvalue weighted by atomic mass is 79.9. The van der Waals surface area contributed by atoms with E-state index >= 15 is 0 Å². The molecule has 0 aromatic heterocycles. The molecule has 3 nitrogen and oxygen atoms in total. The third kappa shape index (κ3) is 4.44. The Kier molecular flexibility index (Phi) is 5.20. The number of anilines is 1. The van der Waals surface area contributed by atoms with Gasteiger partial charge in [0.1, 0.15) is 0 Å². The van der Waals surface area contributed by atoms with Crippen LogP contribution in [0.15, 0.2) is 40.9 Å². The van der Waals surface area contributed by atoms with Crippen LogP contribution < -0.4 is 10.1 Å². The van der Waals surface area contributed by atoms with E-state index in [0.29, 0.717) is 15.2 Å². The molecule has 2 aromatic rings. The zero-order chi connectivity index (χ0) is 15.4. The van der Waals surface area contributed by atoms with Crippen LogP contribution in [0.2, 0.25) is 5.02 Å². The summed E-state index contributed by atoms with van der Waals surface area (Å²) < 4.78 is 19.3. The van der Waals surface area contributed by atoms with Gasteiger partial charge in [-0.25, -0.2) is 4.39 Å². The first-order valence-corrected chi connectivity index (χ1v) is 7.26. The third-order valence-corrected chi connectivity index (χ3v) is 3.45. The maximum absolute atomic E-state index is 13.5. The average Bonchev–Trinajstić information content (AvgIpc) is 2.42. The molecule has 110 valence electrons. The lowest BCUT2D eigenvalue weighted by Crippen LogP contribution is -2.21. The summed E-state index contributed by atoms with van der Waals surface area (Å²) in [5.41, 5.74) is 1.48. The van der Waals surface area contributed by atoms with E-state index in [9.17, 15) is 9.18 Å². The standard InChI is InChI=1S/C15H12BrClFNO2/c1-9-2-4-11(17)7-13(9)19-15(20)8-21-14-5-3-10(16)6-12(14)18/h2-7H,8H2,1H3,(H,19,20). The molecule has 2 rings (SSSR count). The zero-order valence-electron chi connectivity index (χ0n) is 11.1. The lowest BCUT2D eigenvalue weighted by molar-refractivity contribution is -0.118. The molecule has 0 unspecified atom stereocenters. The molecular formula is C15H12BrClFNO2. The van der Waals surface area contributed by atoms with Crippen LogP contribution >= 0.6 is 27.5 Å². The molecule has 0 saturated heterocycles. The first-order valence-electron chi connectivity index (χ1n) is 6.09. The minimum atomic E-state index is -0.531. The van der Waals surface area contributed by atoms with Crippen molar-refractivity contribution in [3.63, 3.8) is 0 Å². The minimum Gasteiger partial charge on any atom is -0.481 e. The topological polar surface area (TPSA) is 38.3 Å². The number of halogens is 3. The van der Waals surface area contributed by atoms with Crippen molar-refractivity contribution < 1.29 is 13.9 Å². The lowest BCUT2D eigenvalue weighted by atomic mass is 10.2. The highest BCUT2D eigenvalue weighted by molar-refractivity contribution is 9.10. The number of ether oxygens (including phenoxy) is 1. The van der Waals surface area contributed by atoms with Gasteiger partial charge in [-0.1, -0.05) is 33.6 Å². The van der Waals surface area contributed by atoms with E-state index in [1.54, 1.807) is 24.3 Å². The van der Waals surface area contributed by atoms with Gasteiger partial charge in [0.15, 0.2) is 18.2 Å². The van der Waals surface area contributed by atoms with Crippen molar-refractivity contribution in [2.75, 3.05) is 11.9 Å². The number of amides is 1. The van der Waals surface area contributed by atoms with Gasteiger partial charge in [0, 0.05) is 15.2 Å². The third-order valence-electron chi connectivity index (χ3n) is 2.73. The Labute approximate surface area is 135 Å². The number of rotatable bonds is 4. The Morgan fingerprint density at radius 1 is 1.33 bits per heavy atom. The summed E-state index contributed by atoms with van der Waals surface area (Å²) in [7, 11) is 0. The van der Waals surface area contributed by atoms with Gasteiger partial charge >= 0.3 is 0 Å². The quantitative estimate of drug-likeness (QED) is 0.854. The molecule has 0 atom stereocenters. The number of hydrogen-bond donors (Lipinski definition) is 1. The average molecular weight is 373 g/mol. The van der Waals surface area contributed by atoms with Crippen LogP contribution in [0, 0.1) is 12.7 Å². The van der Waals surface area contributed by atoms with E-state index in [-0.39, 0.29) is 18.3 Å². The number of carbonyl (C=O) groups is 1. The fourth-order valence-electron chi connectivity index (χ4n) is 1.65. The highest BCUT2D eigenvalue weighted by Gasteiger charge is 2.09. The van der Waals surface area contributed by atoms with Gasteiger partial charge in [-0.15, -0.1) is 0 Å². The van der Waals surface area contributed by atoms with Gasteiger partial charge in [0.2, 0.25) is 0 Å². The smallest absolute Gasteiger partial charge is 0.262 e. The number of hydrogen-bond acceptors (Lipinski definition) is 2. The van der Waals surface area contributed by atoms with Gasteiger partial charge < -0.3 is 10.1 Å². The first-order chi connectivity index (χ1) is 9.95. The van der Waals surface area contributed by atoms with Crippen molar-refractivity contribution in [1.29, 1.82) is 0 Å². The lowest BCUT2D eigenvalue weighted by Gasteiger charge is -2.10. The second kappa shape index (κ2) is 6.91. The van der Waals surface area contributed by atoms with Gasteiger partial charge in [-0.2, -0.15) is 0 Å². The van der Waals surface area contributed by atoms with E-state index in [2.05, 4.69) is 21.2 Å². The summed E-state index contributed by atoms with van der Waals surface area (Å²) in [4.78, 5) is 11.8. The predicted octanol–water partition coefficient (Wildman–Crippen LogP) is 4.57. The molecule has 0 spiro atoms. The second-order valence-electron chi connectivity index (χ2n) is 4.37. The molecule has 2 aromatic carbocycles. The molecule has 0 heterocycles. The van der Waals surface area contributed by atoms with Gasteiger partial charge in [0.25, 0.3) is 5.91 Å². The van der Waals surface area contributed by atoms with E-state index in [4.69, 9.17) is 16.3 Å². The van der Waals surface area contributed by atoms with Gasteiger partial charge in [0.05, 0.1) is 0 Å². The van der Waals surface area contributed by atoms with Crippen LogP contribution in [-0.4, -0.2) is 12.5 Å². The maximum atomic E-state index is 13.5. The van der Waals surface area contributed by atoms with Gasteiger partial charge in [-0.3, -0.25) is 4.79 Å². The molecule has 6 heteroatoms. The number of carbonyl (C=O) groups excluding carboxylic acids is 1. The van der Waals surface area contributed by atoms with Crippen molar-refractivity contribution in [2.45, 2.75) is 6.92 Å². The van der Waals surface area contributed by atoms with E-state index in [0.717, 1.165) is 5.56 Å². The van der Waals surface area contributed by atoms with E-state index < -0.39 is 5.82 Å². The molecular weight excluding hydrogens is 361 g/mol. The largest absolute Gasteiger partial charge is 0.481 e. The first kappa shape index (κ1) is 15.8. The maximum Gasteiger partial charge on any atom is 0.262 e. The van der Waals surface area contributed by atoms with E-state index in [1.807, 2.05) is 6.92 Å². The minimum absolute atomic E-state index is 0.0242. The molecule has 0 bridgehead atoms. The van der Waals surface area contributed by atoms with Crippen LogP contribution in [0.3, 0.4) is 0 Å². The summed E-state index contributed by atoms with van der Waals surface area (Å²) in [6.45, 7) is 1.56. The Balaban J connectivity index is 1.97.